The second-order valence-corrected chi connectivity index (χ2v) is 2.72. The SMILES string of the molecule is C1CNC1.CCN(CC)CC. The van der Waals surface area contributed by atoms with Crippen molar-refractivity contribution in [3.05, 3.63) is 0 Å². The molecule has 1 aliphatic rings. The van der Waals surface area contributed by atoms with Crippen molar-refractivity contribution in [2.45, 2.75) is 27.2 Å². The molecule has 1 aliphatic heterocycles. The zero-order chi connectivity index (χ0) is 8.53. The summed E-state index contributed by atoms with van der Waals surface area (Å²) < 4.78 is 0. The van der Waals surface area contributed by atoms with Gasteiger partial charge < -0.3 is 10.2 Å². The van der Waals surface area contributed by atoms with Crippen LogP contribution in [0.1, 0.15) is 27.2 Å². The van der Waals surface area contributed by atoms with Gasteiger partial charge in [0.1, 0.15) is 0 Å². The van der Waals surface area contributed by atoms with Gasteiger partial charge >= 0.3 is 0 Å². The lowest BCUT2D eigenvalue weighted by Crippen LogP contribution is -2.29. The van der Waals surface area contributed by atoms with Crippen LogP contribution in [0, 0.1) is 0 Å². The maximum atomic E-state index is 3.11. The van der Waals surface area contributed by atoms with Gasteiger partial charge in [-0.2, -0.15) is 0 Å². The molecule has 0 aromatic rings. The van der Waals surface area contributed by atoms with Gasteiger partial charge in [-0.05, 0) is 39.1 Å². The third-order valence-electron chi connectivity index (χ3n) is 2.05. The number of nitrogens with zero attached hydrogens (tertiary/aromatic N) is 1. The van der Waals surface area contributed by atoms with Gasteiger partial charge in [0.2, 0.25) is 0 Å². The molecule has 0 bridgehead atoms. The highest BCUT2D eigenvalue weighted by atomic mass is 15.1. The summed E-state index contributed by atoms with van der Waals surface area (Å²) in [4.78, 5) is 2.38. The van der Waals surface area contributed by atoms with Crippen molar-refractivity contribution >= 4 is 0 Å². The second-order valence-electron chi connectivity index (χ2n) is 2.72. The van der Waals surface area contributed by atoms with E-state index >= 15 is 0 Å². The standard InChI is InChI=1S/C6H15N.C3H7N/c1-4-7(5-2)6-3;1-2-4-3-1/h4-6H2,1-3H3;4H,1-3H2. The van der Waals surface area contributed by atoms with Gasteiger partial charge in [0.25, 0.3) is 0 Å². The molecule has 11 heavy (non-hydrogen) atoms. The molecule has 1 N–H and O–H groups in total. The molecular formula is C9H22N2. The fourth-order valence-corrected chi connectivity index (χ4v) is 0.848. The van der Waals surface area contributed by atoms with Crippen LogP contribution in [0.4, 0.5) is 0 Å². The van der Waals surface area contributed by atoms with Crippen LogP contribution in [0.3, 0.4) is 0 Å². The van der Waals surface area contributed by atoms with Crippen LogP contribution in [0.5, 0.6) is 0 Å². The van der Waals surface area contributed by atoms with Gasteiger partial charge in [0, 0.05) is 0 Å². The summed E-state index contributed by atoms with van der Waals surface area (Å²) in [5.41, 5.74) is 0. The largest absolute Gasteiger partial charge is 0.317 e. The molecule has 2 nitrogen and oxygen atoms in total. The van der Waals surface area contributed by atoms with E-state index in [-0.39, 0.29) is 0 Å². The van der Waals surface area contributed by atoms with Crippen LogP contribution in [0.25, 0.3) is 0 Å². The Morgan fingerprint density at radius 3 is 1.27 bits per heavy atom. The van der Waals surface area contributed by atoms with E-state index < -0.39 is 0 Å². The van der Waals surface area contributed by atoms with Crippen molar-refractivity contribution in [3.8, 4) is 0 Å². The molecule has 0 spiro atoms. The summed E-state index contributed by atoms with van der Waals surface area (Å²) >= 11 is 0. The van der Waals surface area contributed by atoms with Crippen molar-refractivity contribution in [3.63, 3.8) is 0 Å². The smallest absolute Gasteiger partial charge is 0.00368 e. The topological polar surface area (TPSA) is 15.3 Å². The minimum absolute atomic E-state index is 1.19. The van der Waals surface area contributed by atoms with Crippen molar-refractivity contribution < 1.29 is 0 Å². The van der Waals surface area contributed by atoms with E-state index in [1.54, 1.807) is 0 Å². The summed E-state index contributed by atoms with van der Waals surface area (Å²) in [6.45, 7) is 12.6. The van der Waals surface area contributed by atoms with Crippen molar-refractivity contribution in [2.24, 2.45) is 0 Å². The average Bonchev–Trinajstić information content (AvgIpc) is 1.88. The number of hydrogen-bond acceptors (Lipinski definition) is 2. The molecule has 0 radical (unpaired) electrons. The van der Waals surface area contributed by atoms with E-state index in [1.807, 2.05) is 0 Å². The highest BCUT2D eigenvalue weighted by Gasteiger charge is 1.92. The summed E-state index contributed by atoms with van der Waals surface area (Å²) in [5.74, 6) is 0. The third-order valence-corrected chi connectivity index (χ3v) is 2.05. The first kappa shape index (κ1) is 10.9. The lowest BCUT2D eigenvalue weighted by Gasteiger charge is -2.13. The second kappa shape index (κ2) is 8.02. The van der Waals surface area contributed by atoms with Gasteiger partial charge in [-0.3, -0.25) is 0 Å². The molecule has 0 aliphatic carbocycles. The monoisotopic (exact) mass is 158 g/mol. The number of hydrogen-bond donors (Lipinski definition) is 1. The van der Waals surface area contributed by atoms with Crippen molar-refractivity contribution in [2.75, 3.05) is 32.7 Å². The molecule has 68 valence electrons. The quantitative estimate of drug-likeness (QED) is 0.666. The van der Waals surface area contributed by atoms with Crippen LogP contribution >= 0.6 is 0 Å². The van der Waals surface area contributed by atoms with Gasteiger partial charge in [0.15, 0.2) is 0 Å². The molecule has 1 rings (SSSR count). The molecule has 0 aromatic heterocycles. The Kier molecular flexibility index (Phi) is 7.96. The van der Waals surface area contributed by atoms with Crippen LogP contribution in [-0.4, -0.2) is 37.6 Å². The Bertz CT molecular complexity index is 56.5. The predicted octanol–water partition coefficient (Wildman–Crippen LogP) is 1.33. The van der Waals surface area contributed by atoms with Crippen LogP contribution in [-0.2, 0) is 0 Å². The molecule has 0 saturated carbocycles. The highest BCUT2D eigenvalue weighted by Crippen LogP contribution is 1.81. The molecule has 0 amide bonds. The molecule has 0 unspecified atom stereocenters. The summed E-state index contributed by atoms with van der Waals surface area (Å²) in [5, 5.41) is 3.11. The molecular weight excluding hydrogens is 136 g/mol. The fraction of sp³-hybridized carbons (Fsp3) is 1.00. The van der Waals surface area contributed by atoms with Crippen LogP contribution in [0.2, 0.25) is 0 Å². The first-order valence-electron chi connectivity index (χ1n) is 4.78. The minimum atomic E-state index is 1.19. The Morgan fingerprint density at radius 1 is 1.00 bits per heavy atom. The average molecular weight is 158 g/mol. The molecule has 1 heterocycles. The van der Waals surface area contributed by atoms with Crippen molar-refractivity contribution in [1.29, 1.82) is 0 Å². The van der Waals surface area contributed by atoms with E-state index in [0.717, 1.165) is 0 Å². The summed E-state index contributed by atoms with van der Waals surface area (Å²) in [6, 6.07) is 0. The van der Waals surface area contributed by atoms with Gasteiger partial charge in [-0.15, -0.1) is 0 Å². The maximum absolute atomic E-state index is 3.11. The first-order chi connectivity index (χ1) is 5.35. The van der Waals surface area contributed by atoms with E-state index in [2.05, 4.69) is 31.0 Å². The van der Waals surface area contributed by atoms with E-state index in [9.17, 15) is 0 Å². The fourth-order valence-electron chi connectivity index (χ4n) is 0.848. The predicted molar refractivity (Wildman–Crippen MR) is 50.9 cm³/mol. The van der Waals surface area contributed by atoms with Gasteiger partial charge in [-0.25, -0.2) is 0 Å². The molecule has 0 aromatic carbocycles. The molecule has 2 heteroatoms. The Labute approximate surface area is 71.0 Å². The van der Waals surface area contributed by atoms with E-state index in [1.165, 1.54) is 39.1 Å². The van der Waals surface area contributed by atoms with Crippen LogP contribution in [0.15, 0.2) is 0 Å². The molecule has 0 atom stereocenters. The summed E-state index contributed by atoms with van der Waals surface area (Å²) in [6.07, 6.45) is 1.39. The Balaban J connectivity index is 0.000000207. The van der Waals surface area contributed by atoms with Gasteiger partial charge in [-0.1, -0.05) is 20.8 Å². The number of nitrogens with one attached hydrogen (secondary N) is 1. The Hall–Kier alpha value is -0.0800. The zero-order valence-corrected chi connectivity index (χ0v) is 8.19. The van der Waals surface area contributed by atoms with Crippen molar-refractivity contribution in [1.82, 2.24) is 10.2 Å². The molecule has 1 fully saturated rings. The lowest BCUT2D eigenvalue weighted by atomic mass is 10.3. The highest BCUT2D eigenvalue weighted by molar-refractivity contribution is 4.56. The van der Waals surface area contributed by atoms with Gasteiger partial charge in [0.05, 0.1) is 0 Å². The minimum Gasteiger partial charge on any atom is -0.317 e. The normalized spacial score (nSPS) is 15.3. The van der Waals surface area contributed by atoms with Crippen LogP contribution < -0.4 is 5.32 Å². The first-order valence-corrected chi connectivity index (χ1v) is 4.78. The zero-order valence-electron chi connectivity index (χ0n) is 8.19. The Morgan fingerprint density at radius 2 is 1.27 bits per heavy atom. The lowest BCUT2D eigenvalue weighted by molar-refractivity contribution is 0.321. The van der Waals surface area contributed by atoms with E-state index in [4.69, 9.17) is 0 Å². The summed E-state index contributed by atoms with van der Waals surface area (Å²) in [7, 11) is 0. The molecule has 1 saturated heterocycles. The number of rotatable bonds is 3. The van der Waals surface area contributed by atoms with E-state index in [0.29, 0.717) is 0 Å². The maximum Gasteiger partial charge on any atom is -0.00368 e. The third kappa shape index (κ3) is 6.32.